The van der Waals surface area contributed by atoms with Crippen LogP contribution >= 0.6 is 0 Å². The lowest BCUT2D eigenvalue weighted by molar-refractivity contribution is -0.166. The summed E-state index contributed by atoms with van der Waals surface area (Å²) in [7, 11) is -3.06. The molecule has 1 heterocycles. The standard InChI is InChI=1S/C8H13NO5S/c1-2-15(12,13)4-3-9-5-7(10)14-8(11)6-9/h2-6H2,1H3. The molecule has 0 unspecified atom stereocenters. The summed E-state index contributed by atoms with van der Waals surface area (Å²) < 4.78 is 26.7. The maximum atomic E-state index is 11.2. The summed E-state index contributed by atoms with van der Waals surface area (Å²) in [4.78, 5) is 23.2. The van der Waals surface area contributed by atoms with Crippen LogP contribution in [0.5, 0.6) is 0 Å². The zero-order valence-corrected chi connectivity index (χ0v) is 9.25. The number of hydrogen-bond acceptors (Lipinski definition) is 6. The van der Waals surface area contributed by atoms with Crippen molar-refractivity contribution in [1.82, 2.24) is 4.90 Å². The van der Waals surface area contributed by atoms with Crippen molar-refractivity contribution in [2.45, 2.75) is 6.92 Å². The van der Waals surface area contributed by atoms with Gasteiger partial charge in [-0.05, 0) is 0 Å². The fraction of sp³-hybridized carbons (Fsp3) is 0.750. The van der Waals surface area contributed by atoms with E-state index in [9.17, 15) is 18.0 Å². The predicted molar refractivity (Wildman–Crippen MR) is 51.9 cm³/mol. The highest BCUT2D eigenvalue weighted by molar-refractivity contribution is 7.91. The van der Waals surface area contributed by atoms with Gasteiger partial charge in [0.1, 0.15) is 0 Å². The van der Waals surface area contributed by atoms with Gasteiger partial charge in [0.25, 0.3) is 0 Å². The van der Waals surface area contributed by atoms with Gasteiger partial charge in [0.05, 0.1) is 18.8 Å². The molecule has 0 aliphatic carbocycles. The fourth-order valence-corrected chi connectivity index (χ4v) is 2.01. The Bertz CT molecular complexity index is 345. The van der Waals surface area contributed by atoms with Crippen molar-refractivity contribution >= 4 is 21.8 Å². The van der Waals surface area contributed by atoms with Gasteiger partial charge >= 0.3 is 11.9 Å². The zero-order valence-electron chi connectivity index (χ0n) is 8.43. The Kier molecular flexibility index (Phi) is 3.81. The molecule has 7 heteroatoms. The van der Waals surface area contributed by atoms with Crippen molar-refractivity contribution < 1.29 is 22.7 Å². The molecule has 0 amide bonds. The Balaban J connectivity index is 2.46. The van der Waals surface area contributed by atoms with Crippen molar-refractivity contribution in [2.24, 2.45) is 0 Å². The number of rotatable bonds is 4. The summed E-state index contributed by atoms with van der Waals surface area (Å²) in [5, 5.41) is 0. The molecule has 0 spiro atoms. The van der Waals surface area contributed by atoms with Crippen LogP contribution in [0.4, 0.5) is 0 Å². The van der Waals surface area contributed by atoms with Crippen LogP contribution < -0.4 is 0 Å². The largest absolute Gasteiger partial charge is 0.391 e. The third kappa shape index (κ3) is 3.96. The maximum Gasteiger partial charge on any atom is 0.327 e. The van der Waals surface area contributed by atoms with Crippen molar-refractivity contribution in [1.29, 1.82) is 0 Å². The Morgan fingerprint density at radius 1 is 1.27 bits per heavy atom. The highest BCUT2D eigenvalue weighted by atomic mass is 32.2. The fourth-order valence-electron chi connectivity index (χ4n) is 1.18. The molecule has 1 saturated heterocycles. The number of cyclic esters (lactones) is 2. The number of hydrogen-bond donors (Lipinski definition) is 0. The molecule has 0 aromatic rings. The van der Waals surface area contributed by atoms with Gasteiger partial charge in [0.15, 0.2) is 9.84 Å². The molecule has 1 aliphatic rings. The van der Waals surface area contributed by atoms with E-state index in [-0.39, 0.29) is 31.1 Å². The van der Waals surface area contributed by atoms with Crippen LogP contribution in [0.1, 0.15) is 6.92 Å². The van der Waals surface area contributed by atoms with E-state index < -0.39 is 21.8 Å². The van der Waals surface area contributed by atoms with E-state index >= 15 is 0 Å². The normalized spacial score (nSPS) is 19.0. The van der Waals surface area contributed by atoms with Crippen LogP contribution in [0.3, 0.4) is 0 Å². The summed E-state index contributed by atoms with van der Waals surface area (Å²) in [6.07, 6.45) is 0. The number of carbonyl (C=O) groups is 2. The summed E-state index contributed by atoms with van der Waals surface area (Å²) in [6, 6.07) is 0. The van der Waals surface area contributed by atoms with Crippen molar-refractivity contribution in [2.75, 3.05) is 31.1 Å². The summed E-state index contributed by atoms with van der Waals surface area (Å²) in [5.74, 6) is -1.22. The van der Waals surface area contributed by atoms with Crippen LogP contribution in [0, 0.1) is 0 Å². The van der Waals surface area contributed by atoms with E-state index in [1.807, 2.05) is 0 Å². The first-order valence-corrected chi connectivity index (χ1v) is 6.41. The quantitative estimate of drug-likeness (QED) is 0.450. The molecule has 0 N–H and O–H groups in total. The van der Waals surface area contributed by atoms with Crippen molar-refractivity contribution in [3.8, 4) is 0 Å². The predicted octanol–water partition coefficient (Wildman–Crippen LogP) is -1.19. The summed E-state index contributed by atoms with van der Waals surface area (Å²) in [6.45, 7) is 1.71. The van der Waals surface area contributed by atoms with Gasteiger partial charge in [-0.25, -0.2) is 8.42 Å². The Hall–Kier alpha value is -0.950. The molecular formula is C8H13NO5S. The van der Waals surface area contributed by atoms with Crippen molar-refractivity contribution in [3.63, 3.8) is 0 Å². The van der Waals surface area contributed by atoms with Gasteiger partial charge in [-0.1, -0.05) is 6.92 Å². The monoisotopic (exact) mass is 235 g/mol. The van der Waals surface area contributed by atoms with E-state index in [4.69, 9.17) is 0 Å². The second-order valence-corrected chi connectivity index (χ2v) is 5.77. The summed E-state index contributed by atoms with van der Waals surface area (Å²) in [5.41, 5.74) is 0. The third-order valence-electron chi connectivity index (χ3n) is 2.09. The summed E-state index contributed by atoms with van der Waals surface area (Å²) >= 11 is 0. The Labute approximate surface area is 88.1 Å². The molecule has 0 aromatic carbocycles. The van der Waals surface area contributed by atoms with Crippen LogP contribution in [-0.4, -0.2) is 56.4 Å². The van der Waals surface area contributed by atoms with Gasteiger partial charge in [-0.2, -0.15) is 0 Å². The second-order valence-electron chi connectivity index (χ2n) is 3.29. The van der Waals surface area contributed by atoms with Crippen LogP contribution in [-0.2, 0) is 24.2 Å². The second kappa shape index (κ2) is 4.71. The minimum atomic E-state index is -3.06. The lowest BCUT2D eigenvalue weighted by Gasteiger charge is -2.23. The average Bonchev–Trinajstić information content (AvgIpc) is 2.14. The van der Waals surface area contributed by atoms with Gasteiger partial charge in [0, 0.05) is 12.3 Å². The maximum absolute atomic E-state index is 11.2. The Morgan fingerprint density at radius 2 is 1.80 bits per heavy atom. The number of nitrogens with zero attached hydrogens (tertiary/aromatic N) is 1. The topological polar surface area (TPSA) is 80.8 Å². The van der Waals surface area contributed by atoms with Gasteiger partial charge < -0.3 is 4.74 Å². The van der Waals surface area contributed by atoms with E-state index in [0.717, 1.165) is 0 Å². The van der Waals surface area contributed by atoms with Crippen LogP contribution in [0.15, 0.2) is 0 Å². The van der Waals surface area contributed by atoms with E-state index in [0.29, 0.717) is 0 Å². The van der Waals surface area contributed by atoms with Crippen LogP contribution in [0.2, 0.25) is 0 Å². The van der Waals surface area contributed by atoms with E-state index in [1.54, 1.807) is 6.92 Å². The number of morpholine rings is 1. The lowest BCUT2D eigenvalue weighted by Crippen LogP contribution is -2.44. The first kappa shape index (κ1) is 12.1. The molecule has 1 fully saturated rings. The van der Waals surface area contributed by atoms with Gasteiger partial charge in [0.2, 0.25) is 0 Å². The molecular weight excluding hydrogens is 222 g/mol. The zero-order chi connectivity index (χ0) is 11.5. The Morgan fingerprint density at radius 3 is 2.27 bits per heavy atom. The minimum Gasteiger partial charge on any atom is -0.391 e. The molecule has 15 heavy (non-hydrogen) atoms. The number of carbonyl (C=O) groups excluding carboxylic acids is 2. The van der Waals surface area contributed by atoms with Crippen molar-refractivity contribution in [3.05, 3.63) is 0 Å². The van der Waals surface area contributed by atoms with Gasteiger partial charge in [-0.3, -0.25) is 14.5 Å². The molecule has 86 valence electrons. The molecule has 0 bridgehead atoms. The first-order chi connectivity index (χ1) is 6.93. The van der Waals surface area contributed by atoms with E-state index in [2.05, 4.69) is 4.74 Å². The third-order valence-corrected chi connectivity index (χ3v) is 3.78. The van der Waals surface area contributed by atoms with Crippen LogP contribution in [0.25, 0.3) is 0 Å². The highest BCUT2D eigenvalue weighted by Crippen LogP contribution is 2.01. The van der Waals surface area contributed by atoms with Gasteiger partial charge in [-0.15, -0.1) is 0 Å². The molecule has 0 aromatic heterocycles. The average molecular weight is 235 g/mol. The minimum absolute atomic E-state index is 0.0228. The highest BCUT2D eigenvalue weighted by Gasteiger charge is 2.25. The molecule has 6 nitrogen and oxygen atoms in total. The molecule has 1 aliphatic heterocycles. The SMILES string of the molecule is CCS(=O)(=O)CCN1CC(=O)OC(=O)C1. The number of sulfone groups is 1. The van der Waals surface area contributed by atoms with E-state index in [1.165, 1.54) is 4.90 Å². The molecule has 1 rings (SSSR count). The lowest BCUT2D eigenvalue weighted by atomic mass is 10.4. The molecule has 0 saturated carbocycles. The number of esters is 2. The first-order valence-electron chi connectivity index (χ1n) is 4.59. The smallest absolute Gasteiger partial charge is 0.327 e. The molecule has 0 radical (unpaired) electrons. The number of ether oxygens (including phenoxy) is 1. The molecule has 0 atom stereocenters.